The predicted molar refractivity (Wildman–Crippen MR) is 152 cm³/mol. The maximum absolute atomic E-state index is 9.73. The molecule has 0 aromatic rings. The Kier molecular flexibility index (Phi) is 20.3. The van der Waals surface area contributed by atoms with E-state index >= 15 is 0 Å². The Hall–Kier alpha value is 0.211. The Labute approximate surface area is 234 Å². The van der Waals surface area contributed by atoms with Gasteiger partial charge in [-0.25, -0.2) is 0 Å². The lowest BCUT2D eigenvalue weighted by atomic mass is 9.76. The lowest BCUT2D eigenvalue weighted by Gasteiger charge is -2.37. The average molecular weight is 605 g/mol. The topological polar surface area (TPSA) is 113 Å². The Morgan fingerprint density at radius 1 is 0.553 bits per heavy atom. The van der Waals surface area contributed by atoms with Crippen molar-refractivity contribution < 1.29 is 49.7 Å². The maximum Gasteiger partial charge on any atom is 0.500 e. The second kappa shape index (κ2) is 20.1. The summed E-state index contributed by atoms with van der Waals surface area (Å²) < 4.78 is 57.1. The zero-order chi connectivity index (χ0) is 29.1. The van der Waals surface area contributed by atoms with E-state index in [-0.39, 0.29) is 5.41 Å². The smallest absolute Gasteiger partial charge is 0.393 e. The van der Waals surface area contributed by atoms with Crippen LogP contribution in [0, 0.1) is 5.41 Å². The molecule has 0 rings (SSSR count). The van der Waals surface area contributed by atoms with Crippen LogP contribution in [0.5, 0.6) is 0 Å². The van der Waals surface area contributed by atoms with Gasteiger partial charge in [-0.3, -0.25) is 0 Å². The van der Waals surface area contributed by atoms with Gasteiger partial charge in [0.05, 0.1) is 12.7 Å². The molecule has 0 saturated carbocycles. The summed E-state index contributed by atoms with van der Waals surface area (Å²) in [5.74, 6) is 0. The first-order chi connectivity index (χ1) is 18.1. The highest BCUT2D eigenvalue weighted by atomic mass is 28.4. The van der Waals surface area contributed by atoms with Crippen LogP contribution >= 0.6 is 0 Å². The fraction of sp³-hybridized carbons (Fsp3) is 1.00. The van der Waals surface area contributed by atoms with Crippen LogP contribution in [-0.4, -0.2) is 115 Å². The molecule has 0 amide bonds. The first-order valence-electron chi connectivity index (χ1n) is 13.3. The molecule has 0 radical (unpaired) electrons. The number of rotatable bonds is 26. The third kappa shape index (κ3) is 12.8. The molecule has 0 aliphatic heterocycles. The zero-order valence-corrected chi connectivity index (χ0v) is 28.6. The highest BCUT2D eigenvalue weighted by Gasteiger charge is 2.42. The summed E-state index contributed by atoms with van der Waals surface area (Å²) in [6, 6.07) is 2.10. The van der Waals surface area contributed by atoms with Crippen LogP contribution in [0.4, 0.5) is 0 Å². The molecule has 0 heterocycles. The molecule has 0 fully saturated rings. The fourth-order valence-corrected chi connectivity index (χ4v) is 10.0. The maximum atomic E-state index is 9.73. The summed E-state index contributed by atoms with van der Waals surface area (Å²) in [5.41, 5.74) is -0.154. The third-order valence-corrected chi connectivity index (χ3v) is 16.0. The minimum atomic E-state index is -2.71. The molecule has 230 valence electrons. The molecule has 1 N–H and O–H groups in total. The summed E-state index contributed by atoms with van der Waals surface area (Å²) in [5, 5.41) is 9.73. The minimum Gasteiger partial charge on any atom is -0.393 e. The molecule has 0 aliphatic carbocycles. The molecule has 1 unspecified atom stereocenters. The van der Waals surface area contributed by atoms with E-state index in [9.17, 15) is 5.11 Å². The van der Waals surface area contributed by atoms with Crippen molar-refractivity contribution in [3.8, 4) is 0 Å². The van der Waals surface area contributed by atoms with Crippen molar-refractivity contribution in [1.29, 1.82) is 0 Å². The summed E-state index contributed by atoms with van der Waals surface area (Å²) in [7, 11) is 6.63. The van der Waals surface area contributed by atoms with Crippen LogP contribution < -0.4 is 0 Å². The third-order valence-electron chi connectivity index (χ3n) is 7.46. The van der Waals surface area contributed by atoms with Crippen LogP contribution in [0.1, 0.15) is 51.9 Å². The average Bonchev–Trinajstić information content (AvgIpc) is 2.94. The number of hydrogen-bond donors (Lipinski definition) is 1. The Morgan fingerprint density at radius 2 is 0.842 bits per heavy atom. The number of aliphatic hydroxyl groups excluding tert-OH is 1. The van der Waals surface area contributed by atoms with Crippen LogP contribution in [0.25, 0.3) is 0 Å². The molecular formula is C24H56O11Si3. The molecule has 14 heteroatoms. The molecule has 0 bridgehead atoms. The zero-order valence-electron chi connectivity index (χ0n) is 25.6. The van der Waals surface area contributed by atoms with E-state index in [4.69, 9.17) is 44.6 Å². The van der Waals surface area contributed by atoms with E-state index in [2.05, 4.69) is 0 Å². The second-order valence-corrected chi connectivity index (χ2v) is 18.9. The molecular weight excluding hydrogens is 549 g/mol. The van der Waals surface area contributed by atoms with Crippen molar-refractivity contribution in [2.75, 3.05) is 77.2 Å². The Morgan fingerprint density at radius 3 is 1.08 bits per heavy atom. The second-order valence-electron chi connectivity index (χ2n) is 9.64. The predicted octanol–water partition coefficient (Wildman–Crippen LogP) is 3.74. The van der Waals surface area contributed by atoms with Gasteiger partial charge in [-0.05, 0) is 57.3 Å². The fourth-order valence-electron chi connectivity index (χ4n) is 4.84. The van der Waals surface area contributed by atoms with Gasteiger partial charge in [0.15, 0.2) is 0 Å². The van der Waals surface area contributed by atoms with Gasteiger partial charge in [-0.1, -0.05) is 0 Å². The Bertz CT molecular complexity index is 485. The monoisotopic (exact) mass is 604 g/mol. The van der Waals surface area contributed by atoms with Crippen molar-refractivity contribution in [1.82, 2.24) is 0 Å². The largest absolute Gasteiger partial charge is 0.500 e. The first kappa shape index (κ1) is 38.2. The summed E-state index contributed by atoms with van der Waals surface area (Å²) in [6.45, 7) is 2.83. The molecule has 11 nitrogen and oxygen atoms in total. The molecule has 38 heavy (non-hydrogen) atoms. The van der Waals surface area contributed by atoms with Gasteiger partial charge in [-0.2, -0.15) is 0 Å². The quantitative estimate of drug-likeness (QED) is 0.115. The minimum absolute atomic E-state index is 0.154. The van der Waals surface area contributed by atoms with Gasteiger partial charge in [0.25, 0.3) is 0 Å². The van der Waals surface area contributed by atoms with E-state index < -0.39 is 32.5 Å². The molecule has 0 spiro atoms. The van der Waals surface area contributed by atoms with Gasteiger partial charge >= 0.3 is 26.4 Å². The number of hydrogen-bond acceptors (Lipinski definition) is 11. The van der Waals surface area contributed by atoms with E-state index in [0.717, 1.165) is 38.5 Å². The number of ether oxygens (including phenoxy) is 1. The highest BCUT2D eigenvalue weighted by Crippen LogP contribution is 2.40. The van der Waals surface area contributed by atoms with Gasteiger partial charge in [0.2, 0.25) is 0 Å². The van der Waals surface area contributed by atoms with Gasteiger partial charge < -0.3 is 49.7 Å². The van der Waals surface area contributed by atoms with Crippen LogP contribution in [-0.2, 0) is 44.6 Å². The summed E-state index contributed by atoms with van der Waals surface area (Å²) in [4.78, 5) is 0. The van der Waals surface area contributed by atoms with Crippen molar-refractivity contribution in [3.05, 3.63) is 0 Å². The van der Waals surface area contributed by atoms with Gasteiger partial charge in [0, 0.05) is 88.7 Å². The highest BCUT2D eigenvalue weighted by molar-refractivity contribution is 6.61. The first-order valence-corrected chi connectivity index (χ1v) is 19.1. The lowest BCUT2D eigenvalue weighted by Crippen LogP contribution is -2.44. The van der Waals surface area contributed by atoms with E-state index in [1.807, 2.05) is 0 Å². The van der Waals surface area contributed by atoms with Gasteiger partial charge in [0.1, 0.15) is 0 Å². The lowest BCUT2D eigenvalue weighted by molar-refractivity contribution is 0.00949. The van der Waals surface area contributed by atoms with Crippen LogP contribution in [0.2, 0.25) is 18.1 Å². The standard InChI is InChI=1S/C24H56O11Si3/c1-23(25)14-18-35-22-24(15-11-19-36(26-2,27-3)28-4,16-12-20-37(29-5,30-6)31-7)17-13-21-38(32-8,33-9)34-10/h23,25H,11-22H2,1-10H3. The van der Waals surface area contributed by atoms with Crippen molar-refractivity contribution in [3.63, 3.8) is 0 Å². The van der Waals surface area contributed by atoms with E-state index in [0.29, 0.717) is 37.8 Å². The van der Waals surface area contributed by atoms with E-state index in [1.165, 1.54) is 0 Å². The normalized spacial score (nSPS) is 14.3. The SMILES string of the molecule is CO[Si](CCCC(CCC[Si](OC)(OC)OC)(CCC[Si](OC)(OC)OC)COCCC(C)O)(OC)OC. The van der Waals surface area contributed by atoms with Gasteiger partial charge in [-0.15, -0.1) is 0 Å². The summed E-state index contributed by atoms with van der Waals surface area (Å²) >= 11 is 0. The van der Waals surface area contributed by atoms with Crippen molar-refractivity contribution >= 4 is 26.4 Å². The molecule has 0 aromatic heterocycles. The Balaban J connectivity index is 5.85. The molecule has 0 saturated heterocycles. The molecule has 0 aromatic carbocycles. The van der Waals surface area contributed by atoms with Crippen LogP contribution in [0.15, 0.2) is 0 Å². The van der Waals surface area contributed by atoms with Crippen molar-refractivity contribution in [2.24, 2.45) is 5.41 Å². The van der Waals surface area contributed by atoms with Crippen LogP contribution in [0.3, 0.4) is 0 Å². The van der Waals surface area contributed by atoms with E-state index in [1.54, 1.807) is 70.9 Å². The molecule has 1 atom stereocenters. The number of aliphatic hydroxyl groups is 1. The molecule has 0 aliphatic rings. The summed E-state index contributed by atoms with van der Waals surface area (Å²) in [6.07, 6.45) is 5.39. The van der Waals surface area contributed by atoms with Crippen molar-refractivity contribution in [2.45, 2.75) is 76.1 Å².